The van der Waals surface area contributed by atoms with Crippen LogP contribution in [0.25, 0.3) is 6.08 Å². The molecule has 0 aromatic heterocycles. The van der Waals surface area contributed by atoms with Crippen LogP contribution in [0.4, 0.5) is 5.69 Å². The quantitative estimate of drug-likeness (QED) is 0.283. The Kier molecular flexibility index (Phi) is 14.8. The van der Waals surface area contributed by atoms with Crippen LogP contribution in [0.3, 0.4) is 0 Å². The zero-order valence-electron chi connectivity index (χ0n) is 20.7. The van der Waals surface area contributed by atoms with Gasteiger partial charge in [0.2, 0.25) is 0 Å². The second kappa shape index (κ2) is 17.1. The molecule has 0 unspecified atom stereocenters. The number of nitrogens with zero attached hydrogens (tertiary/aromatic N) is 1. The minimum absolute atomic E-state index is 0.848. The second-order valence-electron chi connectivity index (χ2n) is 8.70. The molecule has 1 aromatic rings. The van der Waals surface area contributed by atoms with Crippen molar-refractivity contribution in [2.75, 3.05) is 32.9 Å². The first-order chi connectivity index (χ1) is 15.9. The van der Waals surface area contributed by atoms with Gasteiger partial charge in [0, 0.05) is 23.5 Å². The van der Waals surface area contributed by atoms with Gasteiger partial charge in [-0.1, -0.05) is 63.0 Å². The third kappa shape index (κ3) is 11.8. The maximum atomic E-state index is 6.28. The summed E-state index contributed by atoms with van der Waals surface area (Å²) in [6.45, 7) is 4.99. The van der Waals surface area contributed by atoms with Gasteiger partial charge in [0.05, 0.1) is 0 Å². The molecule has 0 atom stereocenters. The number of allylic oxidation sites excluding steroid dienone is 4. The lowest BCUT2D eigenvalue weighted by Gasteiger charge is -2.19. The first kappa shape index (κ1) is 28.6. The fraction of sp³-hybridized carbons (Fsp3) is 0.481. The zero-order valence-corrected chi connectivity index (χ0v) is 20.7. The molecule has 33 heavy (non-hydrogen) atoms. The van der Waals surface area contributed by atoms with Crippen LogP contribution < -0.4 is 22.5 Å². The number of nitrogens with one attached hydrogen (secondary N) is 1. The van der Waals surface area contributed by atoms with E-state index in [-0.39, 0.29) is 0 Å². The van der Waals surface area contributed by atoms with Crippen molar-refractivity contribution in [2.45, 2.75) is 51.4 Å². The molecule has 6 heteroatoms. The van der Waals surface area contributed by atoms with E-state index in [9.17, 15) is 0 Å². The van der Waals surface area contributed by atoms with Gasteiger partial charge in [0.25, 0.3) is 0 Å². The molecular formula is C27H44BN5. The molecule has 5 nitrogen and oxygen atoms in total. The molecule has 0 bridgehead atoms. The summed E-state index contributed by atoms with van der Waals surface area (Å²) in [7, 11) is 9.02. The molecule has 0 heterocycles. The van der Waals surface area contributed by atoms with Crippen molar-refractivity contribution in [3.8, 4) is 0 Å². The highest BCUT2D eigenvalue weighted by Gasteiger charge is 2.14. The first-order valence-electron chi connectivity index (χ1n) is 12.1. The molecule has 2 aliphatic carbocycles. The van der Waals surface area contributed by atoms with Crippen LogP contribution in [0.2, 0.25) is 0 Å². The van der Waals surface area contributed by atoms with Gasteiger partial charge < -0.3 is 27.3 Å². The Labute approximate surface area is 203 Å². The van der Waals surface area contributed by atoms with Crippen LogP contribution in [-0.2, 0) is 6.42 Å². The molecule has 0 amide bonds. The summed E-state index contributed by atoms with van der Waals surface area (Å²) in [5.41, 5.74) is 22.4. The van der Waals surface area contributed by atoms with Gasteiger partial charge in [-0.25, -0.2) is 0 Å². The van der Waals surface area contributed by atoms with Crippen molar-refractivity contribution < 1.29 is 0 Å². The van der Waals surface area contributed by atoms with Crippen molar-refractivity contribution in [3.05, 3.63) is 71.6 Å². The summed E-state index contributed by atoms with van der Waals surface area (Å²) in [5, 5.41) is 2.98. The first-order valence-corrected chi connectivity index (χ1v) is 12.1. The summed E-state index contributed by atoms with van der Waals surface area (Å²) >= 11 is 0. The second-order valence-corrected chi connectivity index (χ2v) is 8.70. The SMILES string of the molecule is C=CN.N/C(=C\C=C/CC1CCCCC1)C1=Cc2c(N)cccc2CC1.[B]N(C)CCNC. The zero-order chi connectivity index (χ0) is 24.5. The Morgan fingerprint density at radius 1 is 1.24 bits per heavy atom. The standard InChI is InChI=1S/C21H28N2.C4H11BN2.C2H5N/c22-20(11-5-4-9-16-7-2-1-3-8-16)18-14-13-17-10-6-12-21(23)19(17)15-18;1-6-3-4-7(2)5;1-2-3/h4-6,10-12,15-16H,1-3,7-9,13-14,22-23H2;6H,3-4H2,1-2H3;2H,1,3H2/b5-4-,20-11-;;. The van der Waals surface area contributed by atoms with Gasteiger partial charge in [-0.05, 0) is 81.4 Å². The highest BCUT2D eigenvalue weighted by molar-refractivity contribution is 6.04. The molecule has 0 spiro atoms. The molecule has 2 radical (unpaired) electrons. The van der Waals surface area contributed by atoms with E-state index in [1.165, 1.54) is 55.9 Å². The molecule has 0 aliphatic heterocycles. The molecule has 180 valence electrons. The van der Waals surface area contributed by atoms with Gasteiger partial charge in [-0.3, -0.25) is 0 Å². The van der Waals surface area contributed by atoms with Crippen molar-refractivity contribution in [3.63, 3.8) is 0 Å². The average Bonchev–Trinajstić information content (AvgIpc) is 2.82. The van der Waals surface area contributed by atoms with E-state index in [4.69, 9.17) is 19.4 Å². The van der Waals surface area contributed by atoms with Crippen LogP contribution in [-0.4, -0.2) is 40.0 Å². The number of hydrogen-bond donors (Lipinski definition) is 4. The number of hydrogen-bond acceptors (Lipinski definition) is 5. The lowest BCUT2D eigenvalue weighted by atomic mass is 9.87. The number of benzene rings is 1. The minimum Gasteiger partial charge on any atom is -0.405 e. The van der Waals surface area contributed by atoms with Gasteiger partial charge in [0.1, 0.15) is 0 Å². The van der Waals surface area contributed by atoms with E-state index in [1.807, 2.05) is 26.2 Å². The number of anilines is 1. The minimum atomic E-state index is 0.848. The van der Waals surface area contributed by atoms with Crippen LogP contribution in [0.1, 0.15) is 56.1 Å². The van der Waals surface area contributed by atoms with Crippen LogP contribution >= 0.6 is 0 Å². The molecule has 1 saturated carbocycles. The maximum absolute atomic E-state index is 6.28. The van der Waals surface area contributed by atoms with Crippen molar-refractivity contribution in [2.24, 2.45) is 17.4 Å². The normalized spacial score (nSPS) is 16.2. The number of fused-ring (bicyclic) bond motifs is 1. The Morgan fingerprint density at radius 3 is 2.55 bits per heavy atom. The van der Waals surface area contributed by atoms with E-state index in [1.54, 1.807) is 4.81 Å². The van der Waals surface area contributed by atoms with Crippen LogP contribution in [0, 0.1) is 5.92 Å². The van der Waals surface area contributed by atoms with Gasteiger partial charge in [0.15, 0.2) is 7.98 Å². The van der Waals surface area contributed by atoms with Crippen molar-refractivity contribution >= 4 is 19.7 Å². The average molecular weight is 449 g/mol. The van der Waals surface area contributed by atoms with Crippen LogP contribution in [0.5, 0.6) is 0 Å². The summed E-state index contributed by atoms with van der Waals surface area (Å²) < 4.78 is 0. The number of nitrogen functional groups attached to an aromatic ring is 1. The lowest BCUT2D eigenvalue weighted by Crippen LogP contribution is -2.24. The smallest absolute Gasteiger partial charge is 0.182 e. The van der Waals surface area contributed by atoms with Crippen molar-refractivity contribution in [1.82, 2.24) is 10.1 Å². The Bertz CT molecular complexity index is 777. The Morgan fingerprint density at radius 2 is 1.94 bits per heavy atom. The highest BCUT2D eigenvalue weighted by atomic mass is 15.0. The lowest BCUT2D eigenvalue weighted by molar-refractivity contribution is 0.361. The molecule has 7 N–H and O–H groups in total. The van der Waals surface area contributed by atoms with Gasteiger partial charge in [-0.15, -0.1) is 0 Å². The van der Waals surface area contributed by atoms with Crippen LogP contribution in [0.15, 0.2) is 60.5 Å². The molecule has 3 rings (SSSR count). The van der Waals surface area contributed by atoms with Gasteiger partial charge in [-0.2, -0.15) is 0 Å². The van der Waals surface area contributed by atoms with E-state index in [2.05, 4.69) is 48.0 Å². The monoisotopic (exact) mass is 449 g/mol. The van der Waals surface area contributed by atoms with E-state index >= 15 is 0 Å². The summed E-state index contributed by atoms with van der Waals surface area (Å²) in [6.07, 6.45) is 20.1. The van der Waals surface area contributed by atoms with E-state index in [0.717, 1.165) is 48.8 Å². The predicted molar refractivity (Wildman–Crippen MR) is 146 cm³/mol. The Balaban J connectivity index is 0.000000462. The molecule has 1 fully saturated rings. The fourth-order valence-corrected chi connectivity index (χ4v) is 4.03. The third-order valence-corrected chi connectivity index (χ3v) is 5.90. The third-order valence-electron chi connectivity index (χ3n) is 5.90. The molecule has 0 saturated heterocycles. The summed E-state index contributed by atoms with van der Waals surface area (Å²) in [6, 6.07) is 6.14. The number of likely N-dealkylation sites (N-methyl/N-ethyl adjacent to an activating group) is 2. The number of rotatable bonds is 7. The molecular weight excluding hydrogens is 405 g/mol. The van der Waals surface area contributed by atoms with E-state index in [0.29, 0.717) is 0 Å². The van der Waals surface area contributed by atoms with Crippen molar-refractivity contribution in [1.29, 1.82) is 0 Å². The number of nitrogens with two attached hydrogens (primary N) is 3. The fourth-order valence-electron chi connectivity index (χ4n) is 4.03. The topological polar surface area (TPSA) is 93.3 Å². The summed E-state index contributed by atoms with van der Waals surface area (Å²) in [5.74, 6) is 0.884. The number of aryl methyl sites for hydroxylation is 1. The van der Waals surface area contributed by atoms with E-state index < -0.39 is 0 Å². The maximum Gasteiger partial charge on any atom is 0.182 e. The highest BCUT2D eigenvalue weighted by Crippen LogP contribution is 2.30. The van der Waals surface area contributed by atoms with Gasteiger partial charge >= 0.3 is 0 Å². The molecule has 2 aliphatic rings. The Hall–Kier alpha value is -2.44. The summed E-state index contributed by atoms with van der Waals surface area (Å²) in [4.78, 5) is 1.65. The predicted octanol–water partition coefficient (Wildman–Crippen LogP) is 4.28. The molecule has 1 aromatic carbocycles. The largest absolute Gasteiger partial charge is 0.405 e.